The minimum Gasteiger partial charge on any atom is -0.466 e. The molecule has 3 aromatic rings. The van der Waals surface area contributed by atoms with Gasteiger partial charge in [-0.1, -0.05) is 42.5 Å². The van der Waals surface area contributed by atoms with E-state index in [0.29, 0.717) is 12.4 Å². The maximum Gasteiger partial charge on any atom is 0.260 e. The number of ether oxygens (including phenoxy) is 1. The summed E-state index contributed by atoms with van der Waals surface area (Å²) in [5, 5.41) is 9.76. The molecule has 2 heterocycles. The van der Waals surface area contributed by atoms with Crippen molar-refractivity contribution in [3.8, 4) is 5.88 Å². The molecule has 5 heteroatoms. The smallest absolute Gasteiger partial charge is 0.260 e. The largest absolute Gasteiger partial charge is 0.466 e. The Hall–Kier alpha value is -2.95. The molecule has 1 amide bonds. The molecule has 0 unspecified atom stereocenters. The van der Waals surface area contributed by atoms with Crippen molar-refractivity contribution in [1.29, 1.82) is 0 Å². The molecule has 0 spiro atoms. The van der Waals surface area contributed by atoms with Gasteiger partial charge in [0.2, 0.25) is 5.88 Å². The van der Waals surface area contributed by atoms with Gasteiger partial charge in [0.1, 0.15) is 0 Å². The number of carbonyl (C=O) groups excluding carboxylic acids is 1. The molecule has 0 atom stereocenters. The van der Waals surface area contributed by atoms with Gasteiger partial charge in [-0.05, 0) is 23.6 Å². The molecular weight excluding hydrogens is 302 g/mol. The average molecular weight is 319 g/mol. The highest BCUT2D eigenvalue weighted by Gasteiger charge is 2.21. The van der Waals surface area contributed by atoms with E-state index in [1.54, 1.807) is 6.20 Å². The van der Waals surface area contributed by atoms with Crippen LogP contribution in [0, 0.1) is 0 Å². The lowest BCUT2D eigenvalue weighted by Crippen LogP contribution is -2.38. The van der Waals surface area contributed by atoms with Gasteiger partial charge in [0.15, 0.2) is 6.61 Å². The zero-order valence-electron chi connectivity index (χ0n) is 13.2. The third-order valence-corrected chi connectivity index (χ3v) is 4.35. The molecule has 2 aromatic carbocycles. The lowest BCUT2D eigenvalue weighted by molar-refractivity contribution is -0.134. The summed E-state index contributed by atoms with van der Waals surface area (Å²) >= 11 is 0. The van der Waals surface area contributed by atoms with E-state index >= 15 is 0 Å². The van der Waals surface area contributed by atoms with E-state index in [9.17, 15) is 4.79 Å². The highest BCUT2D eigenvalue weighted by Crippen LogP contribution is 2.22. The summed E-state index contributed by atoms with van der Waals surface area (Å²) in [7, 11) is 0. The number of nitrogens with zero attached hydrogens (tertiary/aromatic N) is 3. The van der Waals surface area contributed by atoms with Gasteiger partial charge in [0.05, 0.1) is 6.20 Å². The van der Waals surface area contributed by atoms with E-state index in [-0.39, 0.29) is 12.5 Å². The van der Waals surface area contributed by atoms with Crippen LogP contribution in [0.15, 0.2) is 54.7 Å². The zero-order chi connectivity index (χ0) is 16.4. The Morgan fingerprint density at radius 2 is 1.88 bits per heavy atom. The lowest BCUT2D eigenvalue weighted by Gasteiger charge is -2.28. The number of hydrogen-bond acceptors (Lipinski definition) is 4. The van der Waals surface area contributed by atoms with Crippen LogP contribution < -0.4 is 4.74 Å². The van der Waals surface area contributed by atoms with Crippen LogP contribution >= 0.6 is 0 Å². The van der Waals surface area contributed by atoms with E-state index in [4.69, 9.17) is 4.74 Å². The first-order valence-corrected chi connectivity index (χ1v) is 7.99. The summed E-state index contributed by atoms with van der Waals surface area (Å²) in [5.41, 5.74) is 2.53. The van der Waals surface area contributed by atoms with Crippen molar-refractivity contribution in [3.63, 3.8) is 0 Å². The summed E-state index contributed by atoms with van der Waals surface area (Å²) in [6.07, 6.45) is 2.57. The standard InChI is InChI=1S/C19H17N3O2/c23-18(22-10-9-14-5-1-2-7-16(14)12-22)13-24-19-17-8-4-3-6-15(17)11-20-21-19/h1-8,11H,9-10,12-13H2. The van der Waals surface area contributed by atoms with E-state index < -0.39 is 0 Å². The van der Waals surface area contributed by atoms with Crippen molar-refractivity contribution in [2.24, 2.45) is 0 Å². The summed E-state index contributed by atoms with van der Waals surface area (Å²) in [6, 6.07) is 16.0. The topological polar surface area (TPSA) is 55.3 Å². The number of rotatable bonds is 3. The minimum absolute atomic E-state index is 0.0230. The van der Waals surface area contributed by atoms with Gasteiger partial charge in [-0.2, -0.15) is 5.10 Å². The number of aromatic nitrogens is 2. The van der Waals surface area contributed by atoms with Crippen LogP contribution in [-0.2, 0) is 17.8 Å². The van der Waals surface area contributed by atoms with Crippen LogP contribution in [0.5, 0.6) is 5.88 Å². The molecule has 0 fully saturated rings. The maximum absolute atomic E-state index is 12.5. The van der Waals surface area contributed by atoms with Crippen molar-refractivity contribution in [2.45, 2.75) is 13.0 Å². The fraction of sp³-hybridized carbons (Fsp3) is 0.211. The average Bonchev–Trinajstić information content (AvgIpc) is 2.65. The normalized spacial score (nSPS) is 13.6. The van der Waals surface area contributed by atoms with Crippen molar-refractivity contribution >= 4 is 16.7 Å². The van der Waals surface area contributed by atoms with E-state index in [0.717, 1.165) is 23.7 Å². The van der Waals surface area contributed by atoms with Gasteiger partial charge < -0.3 is 9.64 Å². The summed E-state index contributed by atoms with van der Waals surface area (Å²) in [5.74, 6) is 0.373. The van der Waals surface area contributed by atoms with Gasteiger partial charge in [-0.15, -0.1) is 5.10 Å². The Morgan fingerprint density at radius 3 is 2.79 bits per heavy atom. The third kappa shape index (κ3) is 2.80. The third-order valence-electron chi connectivity index (χ3n) is 4.35. The molecule has 1 aliphatic rings. The number of amides is 1. The SMILES string of the molecule is O=C(COc1nncc2ccccc12)N1CCc2ccccc2C1. The fourth-order valence-corrected chi connectivity index (χ4v) is 3.04. The lowest BCUT2D eigenvalue weighted by atomic mass is 10.00. The van der Waals surface area contributed by atoms with Crippen LogP contribution in [0.1, 0.15) is 11.1 Å². The first-order chi connectivity index (χ1) is 11.8. The molecule has 24 heavy (non-hydrogen) atoms. The fourth-order valence-electron chi connectivity index (χ4n) is 3.04. The molecule has 5 nitrogen and oxygen atoms in total. The summed E-state index contributed by atoms with van der Waals surface area (Å²) in [4.78, 5) is 14.3. The number of carbonyl (C=O) groups is 1. The van der Waals surface area contributed by atoms with Crippen LogP contribution in [0.3, 0.4) is 0 Å². The van der Waals surface area contributed by atoms with Gasteiger partial charge >= 0.3 is 0 Å². The molecule has 1 aliphatic heterocycles. The first-order valence-electron chi connectivity index (χ1n) is 7.99. The highest BCUT2D eigenvalue weighted by molar-refractivity contribution is 5.86. The summed E-state index contributed by atoms with van der Waals surface area (Å²) < 4.78 is 5.66. The maximum atomic E-state index is 12.5. The molecule has 0 saturated carbocycles. The van der Waals surface area contributed by atoms with Crippen molar-refractivity contribution < 1.29 is 9.53 Å². The molecule has 0 radical (unpaired) electrons. The molecule has 4 rings (SSSR count). The summed E-state index contributed by atoms with van der Waals surface area (Å²) in [6.45, 7) is 1.34. The van der Waals surface area contributed by atoms with E-state index in [2.05, 4.69) is 22.3 Å². The van der Waals surface area contributed by atoms with Crippen LogP contribution in [0.4, 0.5) is 0 Å². The van der Waals surface area contributed by atoms with Crippen molar-refractivity contribution in [1.82, 2.24) is 15.1 Å². The minimum atomic E-state index is -0.0285. The monoisotopic (exact) mass is 319 g/mol. The predicted octanol–water partition coefficient (Wildman–Crippen LogP) is 2.59. The Morgan fingerprint density at radius 1 is 1.08 bits per heavy atom. The van der Waals surface area contributed by atoms with E-state index in [1.165, 1.54) is 11.1 Å². The first kappa shape index (κ1) is 14.6. The Labute approximate surface area is 139 Å². The Bertz CT molecular complexity index is 889. The van der Waals surface area contributed by atoms with Crippen LogP contribution in [0.25, 0.3) is 10.8 Å². The van der Waals surface area contributed by atoms with Crippen LogP contribution in [0.2, 0.25) is 0 Å². The van der Waals surface area contributed by atoms with Gasteiger partial charge in [0.25, 0.3) is 5.91 Å². The van der Waals surface area contributed by atoms with Crippen LogP contribution in [-0.4, -0.2) is 34.2 Å². The molecule has 0 saturated heterocycles. The number of fused-ring (bicyclic) bond motifs is 2. The number of hydrogen-bond donors (Lipinski definition) is 0. The van der Waals surface area contributed by atoms with E-state index in [1.807, 2.05) is 41.3 Å². The molecule has 120 valence electrons. The number of benzene rings is 2. The van der Waals surface area contributed by atoms with Gasteiger partial charge in [-0.25, -0.2) is 0 Å². The molecule has 0 N–H and O–H groups in total. The molecule has 0 aliphatic carbocycles. The second-order valence-corrected chi connectivity index (χ2v) is 5.86. The second kappa shape index (κ2) is 6.28. The molecular formula is C19H17N3O2. The highest BCUT2D eigenvalue weighted by atomic mass is 16.5. The molecule has 1 aromatic heterocycles. The van der Waals surface area contributed by atoms with Gasteiger partial charge in [0, 0.05) is 23.9 Å². The Kier molecular flexibility index (Phi) is 3.83. The molecule has 0 bridgehead atoms. The van der Waals surface area contributed by atoms with Crippen molar-refractivity contribution in [3.05, 3.63) is 65.9 Å². The Balaban J connectivity index is 1.45. The second-order valence-electron chi connectivity index (χ2n) is 5.86. The van der Waals surface area contributed by atoms with Gasteiger partial charge in [-0.3, -0.25) is 4.79 Å². The van der Waals surface area contributed by atoms with Crippen molar-refractivity contribution in [2.75, 3.05) is 13.2 Å². The zero-order valence-corrected chi connectivity index (χ0v) is 13.2. The predicted molar refractivity (Wildman–Crippen MR) is 90.6 cm³/mol. The quantitative estimate of drug-likeness (QED) is 0.744.